The third kappa shape index (κ3) is 4.86. The Morgan fingerprint density at radius 3 is 2.57 bits per heavy atom. The van der Waals surface area contributed by atoms with Crippen LogP contribution in [0.1, 0.15) is 24.2 Å². The lowest BCUT2D eigenvalue weighted by molar-refractivity contribution is -0.136. The number of hydrogen-bond acceptors (Lipinski definition) is 5. The van der Waals surface area contributed by atoms with Gasteiger partial charge in [-0.25, -0.2) is 0 Å². The van der Waals surface area contributed by atoms with Crippen LogP contribution in [0.3, 0.4) is 0 Å². The van der Waals surface area contributed by atoms with Gasteiger partial charge < -0.3 is 25.8 Å². The highest BCUT2D eigenvalue weighted by Gasteiger charge is 2.18. The topological polar surface area (TPSA) is 117 Å². The average molecular weight is 383 g/mol. The Kier molecular flexibility index (Phi) is 5.90. The van der Waals surface area contributed by atoms with Crippen LogP contribution >= 0.6 is 0 Å². The normalized spacial score (nSPS) is 13.1. The van der Waals surface area contributed by atoms with Crippen molar-refractivity contribution in [3.05, 3.63) is 53.6 Å². The van der Waals surface area contributed by atoms with Crippen molar-refractivity contribution < 1.29 is 24.2 Å². The molecule has 2 aromatic carbocycles. The molecule has 1 atom stereocenters. The molecule has 0 aromatic heterocycles. The van der Waals surface area contributed by atoms with Gasteiger partial charge in [0.2, 0.25) is 5.91 Å². The van der Waals surface area contributed by atoms with Gasteiger partial charge in [-0.1, -0.05) is 12.1 Å². The number of carbonyl (C=O) groups excluding carboxylic acids is 3. The molecule has 28 heavy (non-hydrogen) atoms. The fourth-order valence-electron chi connectivity index (χ4n) is 2.87. The number of aliphatic hydroxyl groups is 1. The summed E-state index contributed by atoms with van der Waals surface area (Å²) in [6, 6.07) is 11.8. The van der Waals surface area contributed by atoms with Crippen molar-refractivity contribution in [1.82, 2.24) is 5.32 Å². The first-order chi connectivity index (χ1) is 13.4. The van der Waals surface area contributed by atoms with Gasteiger partial charge in [0.15, 0.2) is 0 Å². The van der Waals surface area contributed by atoms with Gasteiger partial charge in [0.05, 0.1) is 12.7 Å². The zero-order chi connectivity index (χ0) is 20.1. The van der Waals surface area contributed by atoms with Gasteiger partial charge in [-0.15, -0.1) is 0 Å². The summed E-state index contributed by atoms with van der Waals surface area (Å²) in [5, 5.41) is 17.7. The van der Waals surface area contributed by atoms with Gasteiger partial charge in [-0.05, 0) is 41.5 Å². The van der Waals surface area contributed by atoms with Crippen molar-refractivity contribution in [2.75, 3.05) is 23.8 Å². The summed E-state index contributed by atoms with van der Waals surface area (Å²) in [7, 11) is 0. The fourth-order valence-corrected chi connectivity index (χ4v) is 2.87. The Bertz CT molecular complexity index is 912. The minimum atomic E-state index is -0.939. The predicted octanol–water partition coefficient (Wildman–Crippen LogP) is 1.37. The van der Waals surface area contributed by atoms with Crippen LogP contribution < -0.4 is 20.7 Å². The number of aliphatic hydroxyl groups excluding tert-OH is 1. The number of anilines is 2. The Balaban J connectivity index is 1.53. The highest BCUT2D eigenvalue weighted by molar-refractivity contribution is 6.39. The van der Waals surface area contributed by atoms with Gasteiger partial charge in [0.1, 0.15) is 5.75 Å². The van der Waals surface area contributed by atoms with E-state index < -0.39 is 17.9 Å². The first-order valence-electron chi connectivity index (χ1n) is 8.83. The molecule has 1 aliphatic heterocycles. The van der Waals surface area contributed by atoms with Crippen molar-refractivity contribution >= 4 is 29.1 Å². The molecule has 8 heteroatoms. The molecule has 1 heterocycles. The van der Waals surface area contributed by atoms with Crippen LogP contribution in [0.25, 0.3) is 0 Å². The van der Waals surface area contributed by atoms with Crippen LogP contribution in [0, 0.1) is 0 Å². The van der Waals surface area contributed by atoms with E-state index in [0.717, 1.165) is 17.7 Å². The van der Waals surface area contributed by atoms with Gasteiger partial charge in [-0.2, -0.15) is 0 Å². The monoisotopic (exact) mass is 383 g/mol. The summed E-state index contributed by atoms with van der Waals surface area (Å²) in [6.07, 6.45) is -0.159. The molecular formula is C20H21N3O5. The number of ether oxygens (including phenoxy) is 1. The molecule has 8 nitrogen and oxygen atoms in total. The van der Waals surface area contributed by atoms with Crippen molar-refractivity contribution in [3.63, 3.8) is 0 Å². The Labute approximate surface area is 161 Å². The highest BCUT2D eigenvalue weighted by atomic mass is 16.5. The zero-order valence-electron chi connectivity index (χ0n) is 15.3. The predicted molar refractivity (Wildman–Crippen MR) is 103 cm³/mol. The van der Waals surface area contributed by atoms with Crippen molar-refractivity contribution in [2.45, 2.75) is 19.4 Å². The first-order valence-corrected chi connectivity index (χ1v) is 8.83. The maximum atomic E-state index is 12.0. The lowest BCUT2D eigenvalue weighted by atomic mass is 10.0. The van der Waals surface area contributed by atoms with E-state index in [1.807, 2.05) is 6.07 Å². The molecule has 1 aliphatic rings. The summed E-state index contributed by atoms with van der Waals surface area (Å²) in [5.74, 6) is -1.17. The molecule has 0 bridgehead atoms. The Morgan fingerprint density at radius 2 is 1.82 bits per heavy atom. The van der Waals surface area contributed by atoms with Gasteiger partial charge in [0.25, 0.3) is 0 Å². The molecule has 2 aromatic rings. The Hall–Kier alpha value is -3.39. The van der Waals surface area contributed by atoms with E-state index in [4.69, 9.17) is 4.74 Å². The second-order valence-electron chi connectivity index (χ2n) is 6.41. The molecule has 146 valence electrons. The van der Waals surface area contributed by atoms with Crippen molar-refractivity contribution in [1.29, 1.82) is 0 Å². The van der Waals surface area contributed by atoms with Crippen LogP contribution in [-0.2, 0) is 20.8 Å². The Morgan fingerprint density at radius 1 is 1.07 bits per heavy atom. The molecule has 0 fully saturated rings. The van der Waals surface area contributed by atoms with Crippen LogP contribution in [-0.4, -0.2) is 36.0 Å². The lowest BCUT2D eigenvalue weighted by Crippen LogP contribution is -2.37. The molecule has 4 N–H and O–H groups in total. The van der Waals surface area contributed by atoms with E-state index >= 15 is 0 Å². The van der Waals surface area contributed by atoms with Crippen molar-refractivity contribution in [2.24, 2.45) is 0 Å². The van der Waals surface area contributed by atoms with E-state index in [1.165, 1.54) is 13.0 Å². The number of fused-ring (bicyclic) bond motifs is 1. The first kappa shape index (κ1) is 19.4. The molecule has 0 spiro atoms. The molecule has 1 unspecified atom stereocenters. The largest absolute Gasteiger partial charge is 0.493 e. The molecule has 0 saturated heterocycles. The molecule has 0 saturated carbocycles. The summed E-state index contributed by atoms with van der Waals surface area (Å²) in [4.78, 5) is 35.1. The number of carbonyl (C=O) groups is 3. The zero-order valence-corrected chi connectivity index (χ0v) is 15.3. The molecule has 0 aliphatic carbocycles. The van der Waals surface area contributed by atoms with E-state index in [2.05, 4.69) is 16.0 Å². The summed E-state index contributed by atoms with van der Waals surface area (Å²) in [6.45, 7) is 1.89. The lowest BCUT2D eigenvalue weighted by Gasteiger charge is -2.13. The quantitative estimate of drug-likeness (QED) is 0.582. The van der Waals surface area contributed by atoms with Gasteiger partial charge >= 0.3 is 11.8 Å². The maximum absolute atomic E-state index is 12.0. The highest BCUT2D eigenvalue weighted by Crippen LogP contribution is 2.28. The van der Waals surface area contributed by atoms with E-state index in [0.29, 0.717) is 23.5 Å². The minimum absolute atomic E-state index is 0.0994. The number of nitrogens with one attached hydrogen (secondary N) is 3. The summed E-state index contributed by atoms with van der Waals surface area (Å²) in [5.41, 5.74) is 2.53. The third-order valence-corrected chi connectivity index (χ3v) is 4.20. The summed E-state index contributed by atoms with van der Waals surface area (Å²) >= 11 is 0. The second kappa shape index (κ2) is 8.53. The second-order valence-corrected chi connectivity index (χ2v) is 6.41. The third-order valence-electron chi connectivity index (χ3n) is 4.20. The molecule has 0 radical (unpaired) electrons. The average Bonchev–Trinajstić information content (AvgIpc) is 3.13. The molecule has 3 rings (SSSR count). The number of hydrogen-bond donors (Lipinski definition) is 4. The maximum Gasteiger partial charge on any atom is 0.313 e. The SMILES string of the molecule is CC(=O)Nc1cccc(NC(=O)C(=O)NCC(O)c2ccc3c(c2)CCO3)c1. The van der Waals surface area contributed by atoms with Crippen LogP contribution in [0.5, 0.6) is 5.75 Å². The number of amides is 3. The van der Waals surface area contributed by atoms with Crippen LogP contribution in [0.4, 0.5) is 11.4 Å². The van der Waals surface area contributed by atoms with Gasteiger partial charge in [0, 0.05) is 31.3 Å². The van der Waals surface area contributed by atoms with Gasteiger partial charge in [-0.3, -0.25) is 14.4 Å². The van der Waals surface area contributed by atoms with E-state index in [-0.39, 0.29) is 12.5 Å². The van der Waals surface area contributed by atoms with Crippen LogP contribution in [0.2, 0.25) is 0 Å². The van der Waals surface area contributed by atoms with E-state index in [1.54, 1.807) is 30.3 Å². The number of benzene rings is 2. The van der Waals surface area contributed by atoms with E-state index in [9.17, 15) is 19.5 Å². The smallest absolute Gasteiger partial charge is 0.313 e. The molecular weight excluding hydrogens is 362 g/mol. The van der Waals surface area contributed by atoms with Crippen LogP contribution in [0.15, 0.2) is 42.5 Å². The minimum Gasteiger partial charge on any atom is -0.493 e. The standard InChI is InChI=1S/C20H21N3O5/c1-12(24)22-15-3-2-4-16(10-15)23-20(27)19(26)21-11-17(25)13-5-6-18-14(9-13)7-8-28-18/h2-6,9-10,17,25H,7-8,11H2,1H3,(H,21,26)(H,22,24)(H,23,27). The summed E-state index contributed by atoms with van der Waals surface area (Å²) < 4.78 is 5.42. The number of rotatable bonds is 5. The molecule has 3 amide bonds. The fraction of sp³-hybridized carbons (Fsp3) is 0.250. The van der Waals surface area contributed by atoms with Crippen molar-refractivity contribution in [3.8, 4) is 5.75 Å².